The van der Waals surface area contributed by atoms with Crippen molar-refractivity contribution in [3.63, 3.8) is 0 Å². The van der Waals surface area contributed by atoms with Gasteiger partial charge in [0, 0.05) is 18.0 Å². The Bertz CT molecular complexity index is 787. The van der Waals surface area contributed by atoms with E-state index in [1.807, 2.05) is 0 Å². The van der Waals surface area contributed by atoms with Gasteiger partial charge in [-0.3, -0.25) is 0 Å². The third-order valence-corrected chi connectivity index (χ3v) is 8.51. The minimum atomic E-state index is 0.862. The molecule has 1 aromatic heterocycles. The molecular formula is C34H54N2. The second-order valence-corrected chi connectivity index (χ2v) is 11.6. The van der Waals surface area contributed by atoms with Crippen molar-refractivity contribution in [3.05, 3.63) is 47.8 Å². The van der Waals surface area contributed by atoms with Gasteiger partial charge in [0.25, 0.3) is 0 Å². The summed E-state index contributed by atoms with van der Waals surface area (Å²) in [6, 6.07) is 8.94. The molecule has 0 radical (unpaired) electrons. The first-order chi connectivity index (χ1) is 17.8. The van der Waals surface area contributed by atoms with Gasteiger partial charge in [-0.25, -0.2) is 9.97 Å². The number of aryl methyl sites for hydroxylation is 2. The monoisotopic (exact) mass is 490 g/mol. The summed E-state index contributed by atoms with van der Waals surface area (Å²) >= 11 is 0. The molecule has 0 aliphatic heterocycles. The number of nitrogens with zero attached hydrogens (tertiary/aromatic N) is 2. The quantitative estimate of drug-likeness (QED) is 0.194. The first kappa shape index (κ1) is 28.9. The van der Waals surface area contributed by atoms with Gasteiger partial charge >= 0.3 is 0 Å². The molecule has 0 unspecified atom stereocenters. The fraction of sp³-hybridized carbons (Fsp3) is 0.706. The smallest absolute Gasteiger partial charge is 0.159 e. The third kappa shape index (κ3) is 11.1. The minimum absolute atomic E-state index is 0.862. The van der Waals surface area contributed by atoms with E-state index in [1.165, 1.54) is 133 Å². The van der Waals surface area contributed by atoms with Crippen molar-refractivity contribution in [1.29, 1.82) is 0 Å². The number of benzene rings is 1. The summed E-state index contributed by atoms with van der Waals surface area (Å²) in [6.45, 7) is 4.59. The van der Waals surface area contributed by atoms with Crippen LogP contribution in [0.2, 0.25) is 0 Å². The first-order valence-corrected chi connectivity index (χ1v) is 15.7. The summed E-state index contributed by atoms with van der Waals surface area (Å²) in [6.07, 6.45) is 31.7. The van der Waals surface area contributed by atoms with Crippen LogP contribution in [0.15, 0.2) is 36.7 Å². The van der Waals surface area contributed by atoms with Gasteiger partial charge in [-0.1, -0.05) is 141 Å². The van der Waals surface area contributed by atoms with Crippen LogP contribution in [0.1, 0.15) is 141 Å². The maximum Gasteiger partial charge on any atom is 0.159 e. The number of rotatable bonds is 18. The Labute approximate surface area is 223 Å². The van der Waals surface area contributed by atoms with Crippen LogP contribution in [0.5, 0.6) is 0 Å². The van der Waals surface area contributed by atoms with Crippen LogP contribution in [-0.4, -0.2) is 9.97 Å². The molecule has 1 fully saturated rings. The van der Waals surface area contributed by atoms with Crippen molar-refractivity contribution in [2.75, 3.05) is 0 Å². The molecule has 2 heteroatoms. The van der Waals surface area contributed by atoms with E-state index in [2.05, 4.69) is 50.5 Å². The second-order valence-electron chi connectivity index (χ2n) is 11.6. The average Bonchev–Trinajstić information content (AvgIpc) is 2.93. The first-order valence-electron chi connectivity index (χ1n) is 15.7. The maximum atomic E-state index is 4.71. The molecular weight excluding hydrogens is 436 g/mol. The zero-order valence-corrected chi connectivity index (χ0v) is 23.7. The Kier molecular flexibility index (Phi) is 14.2. The summed E-state index contributed by atoms with van der Waals surface area (Å²) in [5.74, 6) is 2.78. The highest BCUT2D eigenvalue weighted by Crippen LogP contribution is 2.34. The lowest BCUT2D eigenvalue weighted by molar-refractivity contribution is 0.248. The Balaban J connectivity index is 1.31. The molecule has 0 bridgehead atoms. The number of unbranched alkanes of at least 4 members (excludes halogenated alkanes) is 10. The van der Waals surface area contributed by atoms with Crippen LogP contribution in [0, 0.1) is 11.8 Å². The molecule has 0 spiro atoms. The Morgan fingerprint density at radius 2 is 1.08 bits per heavy atom. The van der Waals surface area contributed by atoms with E-state index in [0.717, 1.165) is 29.6 Å². The van der Waals surface area contributed by atoms with Crippen LogP contribution in [0.4, 0.5) is 0 Å². The normalized spacial score (nSPS) is 17.9. The Morgan fingerprint density at radius 3 is 1.69 bits per heavy atom. The Hall–Kier alpha value is -1.70. The fourth-order valence-electron chi connectivity index (χ4n) is 5.96. The predicted molar refractivity (Wildman–Crippen MR) is 156 cm³/mol. The molecule has 0 atom stereocenters. The van der Waals surface area contributed by atoms with Crippen molar-refractivity contribution in [3.8, 4) is 11.4 Å². The predicted octanol–water partition coefficient (Wildman–Crippen LogP) is 10.5. The lowest BCUT2D eigenvalue weighted by Crippen LogP contribution is -2.15. The van der Waals surface area contributed by atoms with Gasteiger partial charge in [0.05, 0.1) is 0 Å². The lowest BCUT2D eigenvalue weighted by atomic mass is 9.78. The summed E-state index contributed by atoms with van der Waals surface area (Å²) in [5, 5.41) is 0. The van der Waals surface area contributed by atoms with Gasteiger partial charge in [0.15, 0.2) is 5.82 Å². The van der Waals surface area contributed by atoms with Gasteiger partial charge < -0.3 is 0 Å². The molecule has 2 aromatic rings. The fourth-order valence-corrected chi connectivity index (χ4v) is 5.96. The summed E-state index contributed by atoms with van der Waals surface area (Å²) in [4.78, 5) is 9.42. The van der Waals surface area contributed by atoms with Crippen LogP contribution in [0.25, 0.3) is 11.4 Å². The van der Waals surface area contributed by atoms with E-state index in [-0.39, 0.29) is 0 Å². The highest BCUT2D eigenvalue weighted by atomic mass is 14.9. The van der Waals surface area contributed by atoms with Crippen LogP contribution in [-0.2, 0) is 12.8 Å². The molecule has 0 amide bonds. The standard InChI is InChI=1S/C34H54N2/c1-3-5-7-9-10-12-14-16-30-23-25-33(26-24-30)34-35-27-32(28-36-34)22-21-31-19-17-29(18-20-31)15-13-11-8-6-4-2/h23-29,31H,3-22H2,1-2H3/t29-,31-. The van der Waals surface area contributed by atoms with Gasteiger partial charge in [0.2, 0.25) is 0 Å². The van der Waals surface area contributed by atoms with Crippen molar-refractivity contribution >= 4 is 0 Å². The molecule has 1 aliphatic carbocycles. The molecule has 0 saturated heterocycles. The summed E-state index contributed by atoms with van der Waals surface area (Å²) in [7, 11) is 0. The Morgan fingerprint density at radius 1 is 0.556 bits per heavy atom. The molecule has 1 aromatic carbocycles. The highest BCUT2D eigenvalue weighted by molar-refractivity contribution is 5.55. The number of hydrogen-bond acceptors (Lipinski definition) is 2. The molecule has 1 saturated carbocycles. The van der Waals surface area contributed by atoms with Crippen molar-refractivity contribution < 1.29 is 0 Å². The zero-order valence-electron chi connectivity index (χ0n) is 23.7. The maximum absolute atomic E-state index is 4.71. The molecule has 36 heavy (non-hydrogen) atoms. The van der Waals surface area contributed by atoms with Gasteiger partial charge in [-0.2, -0.15) is 0 Å². The minimum Gasteiger partial charge on any atom is -0.236 e. The summed E-state index contributed by atoms with van der Waals surface area (Å²) in [5.41, 5.74) is 3.88. The van der Waals surface area contributed by atoms with Crippen molar-refractivity contribution in [2.24, 2.45) is 11.8 Å². The van der Waals surface area contributed by atoms with Gasteiger partial charge in [-0.15, -0.1) is 0 Å². The van der Waals surface area contributed by atoms with E-state index in [4.69, 9.17) is 9.97 Å². The van der Waals surface area contributed by atoms with Crippen LogP contribution < -0.4 is 0 Å². The molecule has 200 valence electrons. The largest absolute Gasteiger partial charge is 0.236 e. The van der Waals surface area contributed by atoms with Crippen LogP contribution in [0.3, 0.4) is 0 Å². The number of hydrogen-bond donors (Lipinski definition) is 0. The molecule has 2 nitrogen and oxygen atoms in total. The second kappa shape index (κ2) is 17.7. The topological polar surface area (TPSA) is 25.8 Å². The number of aromatic nitrogens is 2. The molecule has 1 aliphatic rings. The average molecular weight is 491 g/mol. The lowest BCUT2D eigenvalue weighted by Gasteiger charge is -2.28. The van der Waals surface area contributed by atoms with E-state index >= 15 is 0 Å². The highest BCUT2D eigenvalue weighted by Gasteiger charge is 2.20. The molecule has 0 N–H and O–H groups in total. The van der Waals surface area contributed by atoms with E-state index in [0.29, 0.717) is 0 Å². The van der Waals surface area contributed by atoms with Crippen molar-refractivity contribution in [1.82, 2.24) is 9.97 Å². The SMILES string of the molecule is CCCCCCCCCc1ccc(-c2ncc(CC[C@H]3CC[C@H](CCCCCCC)CC3)cn2)cc1. The third-order valence-electron chi connectivity index (χ3n) is 8.51. The van der Waals surface area contributed by atoms with Gasteiger partial charge in [-0.05, 0) is 48.6 Å². The van der Waals surface area contributed by atoms with E-state index < -0.39 is 0 Å². The molecule has 3 rings (SSSR count). The molecule has 1 heterocycles. The van der Waals surface area contributed by atoms with Crippen molar-refractivity contribution in [2.45, 2.75) is 142 Å². The zero-order chi connectivity index (χ0) is 25.3. The van der Waals surface area contributed by atoms with E-state index in [9.17, 15) is 0 Å². The van der Waals surface area contributed by atoms with E-state index in [1.54, 1.807) is 0 Å². The van der Waals surface area contributed by atoms with Crippen LogP contribution >= 0.6 is 0 Å². The summed E-state index contributed by atoms with van der Waals surface area (Å²) < 4.78 is 0. The van der Waals surface area contributed by atoms with Gasteiger partial charge in [0.1, 0.15) is 0 Å².